The van der Waals surface area contributed by atoms with Crippen LogP contribution < -0.4 is 10.6 Å². The lowest BCUT2D eigenvalue weighted by Gasteiger charge is -2.35. The molecule has 2 atom stereocenters. The van der Waals surface area contributed by atoms with Crippen molar-refractivity contribution in [2.45, 2.75) is 38.6 Å². The van der Waals surface area contributed by atoms with Crippen LogP contribution in [0.2, 0.25) is 0 Å². The van der Waals surface area contributed by atoms with Crippen LogP contribution in [0.25, 0.3) is 0 Å². The van der Waals surface area contributed by atoms with Crippen LogP contribution in [-0.4, -0.2) is 80.8 Å². The molecule has 0 aromatic rings. The number of hydrogen-bond acceptors (Lipinski definition) is 4. The molecule has 0 spiro atoms. The minimum Gasteiger partial charge on any atom is -0.383 e. The number of urea groups is 1. The van der Waals surface area contributed by atoms with Gasteiger partial charge < -0.3 is 20.3 Å². The number of nitrogens with zero attached hydrogens (tertiary/aromatic N) is 2. The molecular formula is C17H32N4O3. The molecule has 1 aliphatic heterocycles. The number of methoxy groups -OCH3 is 1. The second kappa shape index (κ2) is 9.84. The van der Waals surface area contributed by atoms with Crippen molar-refractivity contribution in [2.75, 3.05) is 53.0 Å². The highest BCUT2D eigenvalue weighted by atomic mass is 16.5. The fraction of sp³-hybridized carbons (Fsp3) is 0.882. The predicted octanol–water partition coefficient (Wildman–Crippen LogP) is 0.655. The van der Waals surface area contributed by atoms with E-state index in [9.17, 15) is 9.59 Å². The standard InChI is InChI=1S/C17H32N4O3/c1-14-4-3-5-15(12-14)19-16(22)13-20-7-9-21(10-8-20)17(23)18-6-11-24-2/h14-15H,3-13H2,1-2H3,(H,18,23)(H,19,22). The van der Waals surface area contributed by atoms with Crippen LogP contribution in [0.1, 0.15) is 32.6 Å². The second-order valence-electron chi connectivity index (χ2n) is 7.02. The lowest BCUT2D eigenvalue weighted by molar-refractivity contribution is -0.123. The van der Waals surface area contributed by atoms with Gasteiger partial charge in [0.05, 0.1) is 13.2 Å². The van der Waals surface area contributed by atoms with Crippen molar-refractivity contribution in [3.63, 3.8) is 0 Å². The summed E-state index contributed by atoms with van der Waals surface area (Å²) in [6.07, 6.45) is 4.69. The van der Waals surface area contributed by atoms with Crippen molar-refractivity contribution in [1.82, 2.24) is 20.4 Å². The minimum absolute atomic E-state index is 0.0488. The first-order chi connectivity index (χ1) is 11.6. The number of carbonyl (C=O) groups excluding carboxylic acids is 2. The Morgan fingerprint density at radius 3 is 2.58 bits per heavy atom. The lowest BCUT2D eigenvalue weighted by Crippen LogP contribution is -2.54. The van der Waals surface area contributed by atoms with E-state index in [1.54, 1.807) is 12.0 Å². The molecule has 24 heavy (non-hydrogen) atoms. The van der Waals surface area contributed by atoms with E-state index in [0.29, 0.717) is 44.7 Å². The Hall–Kier alpha value is -1.34. The zero-order valence-corrected chi connectivity index (χ0v) is 15.1. The Bertz CT molecular complexity index is 411. The number of hydrogen-bond donors (Lipinski definition) is 2. The number of ether oxygens (including phenoxy) is 1. The van der Waals surface area contributed by atoms with Gasteiger partial charge in [0.15, 0.2) is 0 Å². The third-order valence-electron chi connectivity index (χ3n) is 4.91. The molecule has 2 fully saturated rings. The summed E-state index contributed by atoms with van der Waals surface area (Å²) < 4.78 is 4.92. The van der Waals surface area contributed by atoms with Crippen LogP contribution in [0, 0.1) is 5.92 Å². The third-order valence-corrected chi connectivity index (χ3v) is 4.91. The summed E-state index contributed by atoms with van der Waals surface area (Å²) in [5, 5.41) is 6.01. The molecule has 7 nitrogen and oxygen atoms in total. The minimum atomic E-state index is -0.0488. The van der Waals surface area contributed by atoms with Gasteiger partial charge in [-0.2, -0.15) is 0 Å². The zero-order chi connectivity index (χ0) is 17.4. The predicted molar refractivity (Wildman–Crippen MR) is 92.9 cm³/mol. The van der Waals surface area contributed by atoms with E-state index in [0.717, 1.165) is 25.9 Å². The number of carbonyl (C=O) groups is 2. The van der Waals surface area contributed by atoms with E-state index >= 15 is 0 Å². The normalized spacial score (nSPS) is 25.3. The van der Waals surface area contributed by atoms with Gasteiger partial charge in [0.1, 0.15) is 0 Å². The van der Waals surface area contributed by atoms with Gasteiger partial charge in [0.2, 0.25) is 5.91 Å². The van der Waals surface area contributed by atoms with E-state index in [-0.39, 0.29) is 11.9 Å². The lowest BCUT2D eigenvalue weighted by atomic mass is 9.87. The van der Waals surface area contributed by atoms with Gasteiger partial charge in [-0.15, -0.1) is 0 Å². The fourth-order valence-electron chi connectivity index (χ4n) is 3.52. The van der Waals surface area contributed by atoms with Crippen molar-refractivity contribution >= 4 is 11.9 Å². The number of rotatable bonds is 6. The number of amides is 3. The SMILES string of the molecule is COCCNC(=O)N1CCN(CC(=O)NC2CCCC(C)C2)CC1. The average Bonchev–Trinajstić information content (AvgIpc) is 2.55. The van der Waals surface area contributed by atoms with Crippen molar-refractivity contribution in [2.24, 2.45) is 5.92 Å². The van der Waals surface area contributed by atoms with E-state index in [1.807, 2.05) is 0 Å². The van der Waals surface area contributed by atoms with Crippen LogP contribution >= 0.6 is 0 Å². The second-order valence-corrected chi connectivity index (χ2v) is 7.02. The van der Waals surface area contributed by atoms with Crippen molar-refractivity contribution in [3.05, 3.63) is 0 Å². The molecule has 7 heteroatoms. The molecule has 1 heterocycles. The molecule has 0 radical (unpaired) electrons. The van der Waals surface area contributed by atoms with E-state index in [2.05, 4.69) is 22.5 Å². The Labute approximate surface area is 145 Å². The molecule has 1 saturated carbocycles. The fourth-order valence-corrected chi connectivity index (χ4v) is 3.52. The summed E-state index contributed by atoms with van der Waals surface area (Å²) in [5.74, 6) is 0.830. The van der Waals surface area contributed by atoms with Gasteiger partial charge >= 0.3 is 6.03 Å². The monoisotopic (exact) mass is 340 g/mol. The summed E-state index contributed by atoms with van der Waals surface area (Å²) in [6.45, 7) is 6.54. The van der Waals surface area contributed by atoms with Crippen LogP contribution in [0.3, 0.4) is 0 Å². The maximum Gasteiger partial charge on any atom is 0.317 e. The Balaban J connectivity index is 1.63. The topological polar surface area (TPSA) is 73.9 Å². The van der Waals surface area contributed by atoms with Gasteiger partial charge in [0, 0.05) is 45.9 Å². The van der Waals surface area contributed by atoms with Gasteiger partial charge in [0.25, 0.3) is 0 Å². The maximum atomic E-state index is 12.2. The average molecular weight is 340 g/mol. The Morgan fingerprint density at radius 1 is 1.17 bits per heavy atom. The van der Waals surface area contributed by atoms with E-state index in [4.69, 9.17) is 4.74 Å². The quantitative estimate of drug-likeness (QED) is 0.697. The van der Waals surface area contributed by atoms with Crippen molar-refractivity contribution in [1.29, 1.82) is 0 Å². The first-order valence-corrected chi connectivity index (χ1v) is 9.12. The molecule has 3 amide bonds. The number of nitrogens with one attached hydrogen (secondary N) is 2. The van der Waals surface area contributed by atoms with Gasteiger partial charge in [-0.1, -0.05) is 19.8 Å². The van der Waals surface area contributed by atoms with Gasteiger partial charge in [-0.25, -0.2) is 4.79 Å². The van der Waals surface area contributed by atoms with E-state index < -0.39 is 0 Å². The highest BCUT2D eigenvalue weighted by Crippen LogP contribution is 2.23. The van der Waals surface area contributed by atoms with Gasteiger partial charge in [-0.3, -0.25) is 9.69 Å². The zero-order valence-electron chi connectivity index (χ0n) is 15.1. The molecule has 1 aliphatic carbocycles. The van der Waals surface area contributed by atoms with E-state index in [1.165, 1.54) is 12.8 Å². The summed E-state index contributed by atoms with van der Waals surface area (Å²) >= 11 is 0. The molecule has 0 bridgehead atoms. The molecule has 2 aliphatic rings. The van der Waals surface area contributed by atoms with Crippen molar-refractivity contribution < 1.29 is 14.3 Å². The van der Waals surface area contributed by atoms with Crippen LogP contribution in [0.5, 0.6) is 0 Å². The molecule has 0 aromatic carbocycles. The highest BCUT2D eigenvalue weighted by Gasteiger charge is 2.24. The summed E-state index contributed by atoms with van der Waals surface area (Å²) in [7, 11) is 1.62. The highest BCUT2D eigenvalue weighted by molar-refractivity contribution is 5.78. The summed E-state index contributed by atoms with van der Waals surface area (Å²) in [5.41, 5.74) is 0. The molecule has 2 N–H and O–H groups in total. The van der Waals surface area contributed by atoms with Crippen LogP contribution in [0.15, 0.2) is 0 Å². The smallest absolute Gasteiger partial charge is 0.317 e. The molecule has 2 unspecified atom stereocenters. The molecule has 138 valence electrons. The Morgan fingerprint density at radius 2 is 1.92 bits per heavy atom. The van der Waals surface area contributed by atoms with Gasteiger partial charge in [-0.05, 0) is 18.8 Å². The third kappa shape index (κ3) is 6.28. The Kier molecular flexibility index (Phi) is 7.78. The van der Waals surface area contributed by atoms with Crippen LogP contribution in [-0.2, 0) is 9.53 Å². The van der Waals surface area contributed by atoms with Crippen LogP contribution in [0.4, 0.5) is 4.79 Å². The van der Waals surface area contributed by atoms with Crippen molar-refractivity contribution in [3.8, 4) is 0 Å². The molecule has 0 aromatic heterocycles. The first kappa shape index (κ1) is 19.0. The first-order valence-electron chi connectivity index (χ1n) is 9.12. The largest absolute Gasteiger partial charge is 0.383 e. The molecular weight excluding hydrogens is 308 g/mol. The molecule has 2 rings (SSSR count). The summed E-state index contributed by atoms with van der Waals surface area (Å²) in [4.78, 5) is 28.1. The maximum absolute atomic E-state index is 12.2. The molecule has 1 saturated heterocycles. The number of piperazine rings is 1. The summed E-state index contributed by atoms with van der Waals surface area (Å²) in [6, 6.07) is 0.293.